The first-order valence-corrected chi connectivity index (χ1v) is 7.32. The molecule has 1 aromatic carbocycles. The van der Waals surface area contributed by atoms with Crippen LogP contribution in [0.15, 0.2) is 24.3 Å². The number of rotatable bonds is 1. The molecule has 0 unspecified atom stereocenters. The van der Waals surface area contributed by atoms with Crippen LogP contribution in [-0.4, -0.2) is 23.4 Å². The number of hydrogen-bond donors (Lipinski definition) is 0. The van der Waals surface area contributed by atoms with Gasteiger partial charge in [-0.15, -0.1) is 0 Å². The van der Waals surface area contributed by atoms with Gasteiger partial charge in [-0.3, -0.25) is 4.79 Å². The van der Waals surface area contributed by atoms with E-state index >= 15 is 0 Å². The average Bonchev–Trinajstić information content (AvgIpc) is 2.47. The van der Waals surface area contributed by atoms with E-state index in [0.717, 1.165) is 19.4 Å². The van der Waals surface area contributed by atoms with Crippen molar-refractivity contribution < 1.29 is 9.18 Å². The number of likely N-dealkylation sites (tertiary alicyclic amines) is 1. The third kappa shape index (κ3) is 2.51. The molecule has 0 bridgehead atoms. The van der Waals surface area contributed by atoms with E-state index in [0.29, 0.717) is 17.5 Å². The Balaban J connectivity index is 1.79. The molecule has 2 nitrogen and oxygen atoms in total. The molecule has 0 radical (unpaired) electrons. The van der Waals surface area contributed by atoms with Gasteiger partial charge in [-0.1, -0.05) is 12.8 Å². The Morgan fingerprint density at radius 1 is 1.05 bits per heavy atom. The van der Waals surface area contributed by atoms with Crippen LogP contribution in [0.2, 0.25) is 0 Å². The molecule has 1 aliphatic carbocycles. The first kappa shape index (κ1) is 12.6. The number of carbonyl (C=O) groups is 1. The topological polar surface area (TPSA) is 20.3 Å². The molecule has 2 fully saturated rings. The molecule has 1 amide bonds. The Hall–Kier alpha value is -1.38. The number of halogens is 1. The molecule has 2 aliphatic rings. The van der Waals surface area contributed by atoms with Gasteiger partial charge in [0.25, 0.3) is 5.91 Å². The molecule has 3 rings (SSSR count). The quantitative estimate of drug-likeness (QED) is 0.756. The fourth-order valence-corrected chi connectivity index (χ4v) is 3.64. The van der Waals surface area contributed by atoms with E-state index in [1.54, 1.807) is 12.1 Å². The van der Waals surface area contributed by atoms with Gasteiger partial charge in [-0.05, 0) is 55.9 Å². The van der Waals surface area contributed by atoms with Gasteiger partial charge in [-0.25, -0.2) is 4.39 Å². The van der Waals surface area contributed by atoms with Crippen LogP contribution in [0.5, 0.6) is 0 Å². The lowest BCUT2D eigenvalue weighted by Crippen LogP contribution is -2.49. The highest BCUT2D eigenvalue weighted by Gasteiger charge is 2.35. The third-order valence-corrected chi connectivity index (χ3v) is 4.60. The van der Waals surface area contributed by atoms with Crippen molar-refractivity contribution in [1.82, 2.24) is 4.90 Å². The molecule has 3 heteroatoms. The Morgan fingerprint density at radius 2 is 1.74 bits per heavy atom. The van der Waals surface area contributed by atoms with Crippen LogP contribution in [-0.2, 0) is 0 Å². The summed E-state index contributed by atoms with van der Waals surface area (Å²) in [4.78, 5) is 14.6. The van der Waals surface area contributed by atoms with E-state index in [1.807, 2.05) is 4.90 Å². The van der Waals surface area contributed by atoms with E-state index in [-0.39, 0.29) is 11.7 Å². The van der Waals surface area contributed by atoms with Crippen molar-refractivity contribution in [2.45, 2.75) is 44.6 Å². The van der Waals surface area contributed by atoms with Gasteiger partial charge in [0.15, 0.2) is 0 Å². The largest absolute Gasteiger partial charge is 0.335 e. The van der Waals surface area contributed by atoms with Crippen LogP contribution in [0, 0.1) is 11.7 Å². The minimum absolute atomic E-state index is 0.0802. The smallest absolute Gasteiger partial charge is 0.254 e. The summed E-state index contributed by atoms with van der Waals surface area (Å²) in [5.74, 6) is 0.481. The van der Waals surface area contributed by atoms with E-state index in [2.05, 4.69) is 0 Å². The summed E-state index contributed by atoms with van der Waals surface area (Å²) in [6.07, 6.45) is 7.30. The van der Waals surface area contributed by atoms with Gasteiger partial charge in [0.05, 0.1) is 0 Å². The molecule has 2 atom stereocenters. The van der Waals surface area contributed by atoms with Gasteiger partial charge in [0.2, 0.25) is 0 Å². The average molecular weight is 261 g/mol. The summed E-state index contributed by atoms with van der Waals surface area (Å²) in [5.41, 5.74) is 0.618. The first-order chi connectivity index (χ1) is 9.25. The second-order valence-corrected chi connectivity index (χ2v) is 5.76. The lowest BCUT2D eigenvalue weighted by molar-refractivity contribution is 0.0390. The number of fused-ring (bicyclic) bond motifs is 1. The van der Waals surface area contributed by atoms with Crippen LogP contribution < -0.4 is 0 Å². The van der Waals surface area contributed by atoms with Crippen LogP contribution in [0.3, 0.4) is 0 Å². The molecule has 19 heavy (non-hydrogen) atoms. The summed E-state index contributed by atoms with van der Waals surface area (Å²) >= 11 is 0. The molecule has 0 aromatic heterocycles. The van der Waals surface area contributed by atoms with Gasteiger partial charge < -0.3 is 4.90 Å². The number of amides is 1. The zero-order valence-corrected chi connectivity index (χ0v) is 11.1. The number of piperidine rings is 1. The third-order valence-electron chi connectivity index (χ3n) is 4.60. The zero-order chi connectivity index (χ0) is 13.2. The summed E-state index contributed by atoms with van der Waals surface area (Å²) < 4.78 is 12.9. The molecule has 1 heterocycles. The SMILES string of the molecule is O=C(c1ccc(F)cc1)N1CCC[C@@H]2CCCC[C@@H]21. The highest BCUT2D eigenvalue weighted by molar-refractivity contribution is 5.94. The number of carbonyl (C=O) groups excluding carboxylic acids is 1. The van der Waals surface area contributed by atoms with Crippen molar-refractivity contribution in [3.05, 3.63) is 35.6 Å². The lowest BCUT2D eigenvalue weighted by Gasteiger charge is -2.44. The van der Waals surface area contributed by atoms with Crippen molar-refractivity contribution in [2.24, 2.45) is 5.92 Å². The fraction of sp³-hybridized carbons (Fsp3) is 0.562. The molecule has 1 aromatic rings. The number of benzene rings is 1. The molecule has 0 spiro atoms. The fourth-order valence-electron chi connectivity index (χ4n) is 3.64. The highest BCUT2D eigenvalue weighted by Crippen LogP contribution is 2.35. The first-order valence-electron chi connectivity index (χ1n) is 7.32. The standard InChI is InChI=1S/C16H20FNO/c17-14-9-7-13(8-10-14)16(19)18-11-3-5-12-4-1-2-6-15(12)18/h7-10,12,15H,1-6,11H2/t12-,15-/m0/s1. The molecule has 1 saturated carbocycles. The summed E-state index contributed by atoms with van der Waals surface area (Å²) in [6, 6.07) is 6.36. The van der Waals surface area contributed by atoms with Crippen molar-refractivity contribution >= 4 is 5.91 Å². The van der Waals surface area contributed by atoms with Crippen molar-refractivity contribution in [3.63, 3.8) is 0 Å². The summed E-state index contributed by atoms with van der Waals surface area (Å²) in [5, 5.41) is 0. The highest BCUT2D eigenvalue weighted by atomic mass is 19.1. The predicted octanol–water partition coefficient (Wildman–Crippen LogP) is 3.62. The predicted molar refractivity (Wildman–Crippen MR) is 72.4 cm³/mol. The molecule has 1 saturated heterocycles. The van der Waals surface area contributed by atoms with E-state index in [1.165, 1.54) is 37.8 Å². The monoisotopic (exact) mass is 261 g/mol. The maximum Gasteiger partial charge on any atom is 0.254 e. The van der Waals surface area contributed by atoms with Gasteiger partial charge in [0.1, 0.15) is 5.82 Å². The van der Waals surface area contributed by atoms with Crippen LogP contribution >= 0.6 is 0 Å². The Morgan fingerprint density at radius 3 is 2.53 bits per heavy atom. The van der Waals surface area contributed by atoms with Gasteiger partial charge in [-0.2, -0.15) is 0 Å². The van der Waals surface area contributed by atoms with Crippen LogP contribution in [0.1, 0.15) is 48.9 Å². The maximum absolute atomic E-state index is 12.9. The molecule has 0 N–H and O–H groups in total. The van der Waals surface area contributed by atoms with Gasteiger partial charge in [0, 0.05) is 18.2 Å². The summed E-state index contributed by atoms with van der Waals surface area (Å²) in [6.45, 7) is 0.859. The van der Waals surface area contributed by atoms with Crippen LogP contribution in [0.4, 0.5) is 4.39 Å². The summed E-state index contributed by atoms with van der Waals surface area (Å²) in [7, 11) is 0. The van der Waals surface area contributed by atoms with E-state index in [9.17, 15) is 9.18 Å². The zero-order valence-electron chi connectivity index (χ0n) is 11.1. The second kappa shape index (κ2) is 5.32. The minimum Gasteiger partial charge on any atom is -0.335 e. The Labute approximate surface area is 113 Å². The molecule has 1 aliphatic heterocycles. The molecular weight excluding hydrogens is 241 g/mol. The van der Waals surface area contributed by atoms with E-state index < -0.39 is 0 Å². The number of nitrogens with zero attached hydrogens (tertiary/aromatic N) is 1. The van der Waals surface area contributed by atoms with Gasteiger partial charge >= 0.3 is 0 Å². The normalized spacial score (nSPS) is 26.9. The van der Waals surface area contributed by atoms with Crippen molar-refractivity contribution in [3.8, 4) is 0 Å². The minimum atomic E-state index is -0.286. The molecular formula is C16H20FNO. The van der Waals surface area contributed by atoms with E-state index in [4.69, 9.17) is 0 Å². The van der Waals surface area contributed by atoms with Crippen LogP contribution in [0.25, 0.3) is 0 Å². The van der Waals surface area contributed by atoms with Crippen molar-refractivity contribution in [1.29, 1.82) is 0 Å². The Bertz CT molecular complexity index is 454. The lowest BCUT2D eigenvalue weighted by atomic mass is 9.78. The second-order valence-electron chi connectivity index (χ2n) is 5.76. The number of hydrogen-bond acceptors (Lipinski definition) is 1. The molecule has 102 valence electrons. The van der Waals surface area contributed by atoms with Crippen molar-refractivity contribution in [2.75, 3.05) is 6.54 Å². The Kier molecular flexibility index (Phi) is 3.54. The maximum atomic E-state index is 12.9.